The van der Waals surface area contributed by atoms with Gasteiger partial charge in [0.2, 0.25) is 5.91 Å². The van der Waals surface area contributed by atoms with Gasteiger partial charge >= 0.3 is 0 Å². The van der Waals surface area contributed by atoms with E-state index in [1.807, 2.05) is 42.6 Å². The highest BCUT2D eigenvalue weighted by Crippen LogP contribution is 2.42. The van der Waals surface area contributed by atoms with Gasteiger partial charge in [0.25, 0.3) is 0 Å². The number of carbonyl (C=O) groups is 1. The Morgan fingerprint density at radius 2 is 2.05 bits per heavy atom. The number of hydrogen-bond acceptors (Lipinski definition) is 7. The van der Waals surface area contributed by atoms with E-state index >= 15 is 0 Å². The van der Waals surface area contributed by atoms with Crippen molar-refractivity contribution in [2.75, 3.05) is 26.8 Å². The van der Waals surface area contributed by atoms with E-state index in [4.69, 9.17) is 19.8 Å². The SMILES string of the molecule is COc1cc2[nH]nc(-c3ccc(C4CCN(C(=O)CO)CC4)nc3)c2nc1-c1cccc2c1CCC2C#N. The molecule has 1 saturated heterocycles. The molecule has 9 heteroatoms. The van der Waals surface area contributed by atoms with Crippen molar-refractivity contribution in [3.05, 3.63) is 59.4 Å². The van der Waals surface area contributed by atoms with Crippen LogP contribution < -0.4 is 4.74 Å². The molecule has 1 aliphatic carbocycles. The van der Waals surface area contributed by atoms with Crippen LogP contribution in [0.4, 0.5) is 0 Å². The summed E-state index contributed by atoms with van der Waals surface area (Å²) in [6, 6.07) is 14.5. The lowest BCUT2D eigenvalue weighted by Gasteiger charge is -2.31. The van der Waals surface area contributed by atoms with E-state index in [-0.39, 0.29) is 17.7 Å². The van der Waals surface area contributed by atoms with Crippen molar-refractivity contribution in [2.24, 2.45) is 0 Å². The molecule has 38 heavy (non-hydrogen) atoms. The third-order valence-corrected chi connectivity index (χ3v) is 7.86. The molecule has 1 fully saturated rings. The largest absolute Gasteiger partial charge is 0.494 e. The van der Waals surface area contributed by atoms with Gasteiger partial charge in [-0.2, -0.15) is 10.4 Å². The van der Waals surface area contributed by atoms with Gasteiger partial charge < -0.3 is 14.7 Å². The third kappa shape index (κ3) is 4.07. The lowest BCUT2D eigenvalue weighted by Crippen LogP contribution is -2.39. The highest BCUT2D eigenvalue weighted by atomic mass is 16.5. The molecule has 1 unspecified atom stereocenters. The number of aromatic nitrogens is 4. The number of H-pyrrole nitrogens is 1. The van der Waals surface area contributed by atoms with Crippen molar-refractivity contribution >= 4 is 16.9 Å². The summed E-state index contributed by atoms with van der Waals surface area (Å²) in [7, 11) is 1.64. The number of methoxy groups -OCH3 is 1. The topological polar surface area (TPSA) is 128 Å². The number of nitrogens with one attached hydrogen (secondary N) is 1. The second-order valence-corrected chi connectivity index (χ2v) is 9.89. The summed E-state index contributed by atoms with van der Waals surface area (Å²) >= 11 is 0. The van der Waals surface area contributed by atoms with Crippen LogP contribution >= 0.6 is 0 Å². The van der Waals surface area contributed by atoms with Crippen LogP contribution in [0.1, 0.15) is 47.9 Å². The van der Waals surface area contributed by atoms with E-state index < -0.39 is 6.61 Å². The van der Waals surface area contributed by atoms with E-state index in [2.05, 4.69) is 16.3 Å². The average molecular weight is 509 g/mol. The molecule has 192 valence electrons. The Labute approximate surface area is 220 Å². The first-order chi connectivity index (χ1) is 18.6. The van der Waals surface area contributed by atoms with Gasteiger partial charge in [0.05, 0.1) is 24.6 Å². The summed E-state index contributed by atoms with van der Waals surface area (Å²) in [6.45, 7) is 0.818. The second kappa shape index (κ2) is 9.88. The maximum atomic E-state index is 11.8. The van der Waals surface area contributed by atoms with Crippen molar-refractivity contribution in [1.82, 2.24) is 25.1 Å². The number of benzene rings is 1. The fourth-order valence-corrected chi connectivity index (χ4v) is 5.80. The van der Waals surface area contributed by atoms with Gasteiger partial charge in [-0.05, 0) is 48.9 Å². The molecule has 0 bridgehead atoms. The summed E-state index contributed by atoms with van der Waals surface area (Å²) in [5.74, 6) is 0.622. The Bertz CT molecular complexity index is 1550. The van der Waals surface area contributed by atoms with E-state index in [1.165, 1.54) is 0 Å². The molecule has 4 aromatic rings. The first-order valence-corrected chi connectivity index (χ1v) is 12.9. The normalized spacial score (nSPS) is 17.4. The number of rotatable bonds is 5. The zero-order chi connectivity index (χ0) is 26.2. The molecule has 2 N–H and O–H groups in total. The molecule has 0 radical (unpaired) electrons. The lowest BCUT2D eigenvalue weighted by molar-refractivity contribution is -0.135. The van der Waals surface area contributed by atoms with E-state index in [0.717, 1.165) is 70.4 Å². The molecular weight excluding hydrogens is 480 g/mol. The predicted octanol–water partition coefficient (Wildman–Crippen LogP) is 3.95. The van der Waals surface area contributed by atoms with Crippen LogP contribution in [0, 0.1) is 11.3 Å². The van der Waals surface area contributed by atoms with Crippen LogP contribution in [0.25, 0.3) is 33.5 Å². The van der Waals surface area contributed by atoms with Gasteiger partial charge in [0, 0.05) is 48.1 Å². The first kappa shape index (κ1) is 24.1. The molecule has 0 saturated carbocycles. The maximum absolute atomic E-state index is 11.8. The number of nitrogens with zero attached hydrogens (tertiary/aromatic N) is 5. The molecule has 3 aromatic heterocycles. The Morgan fingerprint density at radius 3 is 2.76 bits per heavy atom. The number of hydrogen-bond donors (Lipinski definition) is 2. The minimum absolute atomic E-state index is 0.0869. The molecular formula is C29H28N6O3. The van der Waals surface area contributed by atoms with Gasteiger partial charge in [-0.3, -0.25) is 14.9 Å². The van der Waals surface area contributed by atoms with Crippen LogP contribution in [-0.2, 0) is 11.2 Å². The number of ether oxygens (including phenoxy) is 1. The number of nitriles is 1. The van der Waals surface area contributed by atoms with E-state index in [9.17, 15) is 10.1 Å². The molecule has 1 aromatic carbocycles. The molecule has 9 nitrogen and oxygen atoms in total. The van der Waals surface area contributed by atoms with Crippen molar-refractivity contribution in [1.29, 1.82) is 5.26 Å². The fraction of sp³-hybridized carbons (Fsp3) is 0.345. The minimum atomic E-state index is -0.440. The van der Waals surface area contributed by atoms with Gasteiger partial charge in [0.1, 0.15) is 29.3 Å². The fourth-order valence-electron chi connectivity index (χ4n) is 5.80. The summed E-state index contributed by atoms with van der Waals surface area (Å²) in [5, 5.41) is 26.3. The van der Waals surface area contributed by atoms with Gasteiger partial charge in [-0.25, -0.2) is 4.98 Å². The van der Waals surface area contributed by atoms with E-state index in [1.54, 1.807) is 12.0 Å². The number of fused-ring (bicyclic) bond motifs is 2. The number of aromatic amines is 1. The lowest BCUT2D eigenvalue weighted by atomic mass is 9.92. The second-order valence-electron chi connectivity index (χ2n) is 9.89. The standard InChI is InChI=1S/C29H28N6O3/c1-38-25-13-24-29(32-28(25)22-4-2-3-20-18(14-30)5-7-21(20)22)27(34-33-24)19-6-8-23(31-15-19)17-9-11-35(12-10-17)26(37)16-36/h2-4,6,8,13,15,17-18,36H,5,7,9-12,16H2,1H3,(H,33,34). The van der Waals surface area contributed by atoms with Gasteiger partial charge in [0.15, 0.2) is 0 Å². The number of carbonyl (C=O) groups excluding carboxylic acids is 1. The summed E-state index contributed by atoms with van der Waals surface area (Å²) < 4.78 is 5.72. The smallest absolute Gasteiger partial charge is 0.248 e. The van der Waals surface area contributed by atoms with Gasteiger partial charge in [-0.1, -0.05) is 18.2 Å². The number of pyridine rings is 2. The monoisotopic (exact) mass is 508 g/mol. The molecule has 2 aliphatic rings. The number of amides is 1. The summed E-state index contributed by atoms with van der Waals surface area (Å²) in [5.41, 5.74) is 8.05. The first-order valence-electron chi connectivity index (χ1n) is 12.9. The van der Waals surface area contributed by atoms with Crippen LogP contribution in [0.5, 0.6) is 5.75 Å². The van der Waals surface area contributed by atoms with Crippen molar-refractivity contribution in [2.45, 2.75) is 37.5 Å². The maximum Gasteiger partial charge on any atom is 0.248 e. The van der Waals surface area contributed by atoms with Gasteiger partial charge in [-0.15, -0.1) is 0 Å². The van der Waals surface area contributed by atoms with Crippen molar-refractivity contribution < 1.29 is 14.6 Å². The Kier molecular flexibility index (Phi) is 6.26. The van der Waals surface area contributed by atoms with Crippen LogP contribution in [0.3, 0.4) is 0 Å². The third-order valence-electron chi connectivity index (χ3n) is 7.86. The van der Waals surface area contributed by atoms with Crippen LogP contribution in [-0.4, -0.2) is 62.9 Å². The van der Waals surface area contributed by atoms with Crippen molar-refractivity contribution in [3.8, 4) is 34.3 Å². The van der Waals surface area contributed by atoms with Crippen LogP contribution in [0.2, 0.25) is 0 Å². The number of likely N-dealkylation sites (tertiary alicyclic amines) is 1. The molecule has 1 aliphatic heterocycles. The Morgan fingerprint density at radius 1 is 1.21 bits per heavy atom. The Hall–Kier alpha value is -4.29. The molecule has 1 amide bonds. The molecule has 0 spiro atoms. The van der Waals surface area contributed by atoms with Crippen LogP contribution in [0.15, 0.2) is 42.6 Å². The highest BCUT2D eigenvalue weighted by Gasteiger charge is 2.27. The number of aliphatic hydroxyl groups excluding tert-OH is 1. The molecule has 6 rings (SSSR count). The molecule has 1 atom stereocenters. The van der Waals surface area contributed by atoms with E-state index in [0.29, 0.717) is 24.5 Å². The zero-order valence-corrected chi connectivity index (χ0v) is 21.1. The quantitative estimate of drug-likeness (QED) is 0.418. The highest BCUT2D eigenvalue weighted by molar-refractivity contribution is 5.93. The predicted molar refractivity (Wildman–Crippen MR) is 141 cm³/mol. The summed E-state index contributed by atoms with van der Waals surface area (Å²) in [4.78, 5) is 23.2. The molecule has 4 heterocycles. The van der Waals surface area contributed by atoms with Crippen molar-refractivity contribution in [3.63, 3.8) is 0 Å². The minimum Gasteiger partial charge on any atom is -0.494 e. The zero-order valence-electron chi connectivity index (χ0n) is 21.1. The summed E-state index contributed by atoms with van der Waals surface area (Å²) in [6.07, 6.45) is 5.13. The number of piperidine rings is 1. The number of aliphatic hydroxyl groups is 1. The average Bonchev–Trinajstić information content (AvgIpc) is 3.60. The Balaban J connectivity index is 1.32.